The average Bonchev–Trinajstić information content (AvgIpc) is 3.71. The minimum absolute atomic E-state index is 0.0329. The van der Waals surface area contributed by atoms with Crippen LogP contribution in [0.5, 0.6) is 0 Å². The molecule has 0 radical (unpaired) electrons. The van der Waals surface area contributed by atoms with Gasteiger partial charge >= 0.3 is 0 Å². The van der Waals surface area contributed by atoms with Gasteiger partial charge in [0, 0.05) is 25.5 Å². The van der Waals surface area contributed by atoms with Crippen LogP contribution in [0, 0.1) is 17.8 Å². The number of aliphatic hydroxyl groups is 2. The van der Waals surface area contributed by atoms with Gasteiger partial charge in [0.05, 0.1) is 40.6 Å². The average molecular weight is 667 g/mol. The van der Waals surface area contributed by atoms with E-state index in [4.69, 9.17) is 0 Å². The molecule has 256 valence electrons. The van der Waals surface area contributed by atoms with Gasteiger partial charge in [0.15, 0.2) is 9.84 Å². The Hall–Kier alpha value is -2.90. The lowest BCUT2D eigenvalue weighted by atomic mass is 9.81. The predicted octanol–water partition coefficient (Wildman–Crippen LogP) is 3.34. The summed E-state index contributed by atoms with van der Waals surface area (Å²) in [6, 6.07) is 6.87. The molecule has 1 aromatic heterocycles. The number of rotatable bonds is 15. The first-order valence-electron chi connectivity index (χ1n) is 16.1. The number of alkyl halides is 2. The van der Waals surface area contributed by atoms with E-state index < -0.39 is 68.3 Å². The second-order valence-electron chi connectivity index (χ2n) is 14.1. The van der Waals surface area contributed by atoms with E-state index in [-0.39, 0.29) is 56.8 Å². The molecule has 0 bridgehead atoms. The van der Waals surface area contributed by atoms with E-state index in [1.165, 1.54) is 6.33 Å². The van der Waals surface area contributed by atoms with Gasteiger partial charge in [-0.25, -0.2) is 22.2 Å². The van der Waals surface area contributed by atoms with Crippen molar-refractivity contribution < 1.29 is 37.0 Å². The summed E-state index contributed by atoms with van der Waals surface area (Å²) < 4.78 is 53.1. The molecule has 2 aromatic rings. The van der Waals surface area contributed by atoms with Crippen LogP contribution in [-0.4, -0.2) is 81.1 Å². The number of H-pyrrole nitrogens is 1. The number of carbonyl (C=O) groups is 2. The zero-order chi connectivity index (χ0) is 33.7. The Labute approximate surface area is 270 Å². The third-order valence-electron chi connectivity index (χ3n) is 9.27. The maximum absolute atomic E-state index is 13.9. The first-order chi connectivity index (χ1) is 21.5. The van der Waals surface area contributed by atoms with E-state index in [1.54, 1.807) is 51.2 Å². The Morgan fingerprint density at radius 1 is 1.02 bits per heavy atom. The van der Waals surface area contributed by atoms with Crippen LogP contribution in [0.15, 0.2) is 42.9 Å². The number of carbonyl (C=O) groups excluding carboxylic acids is 2. The van der Waals surface area contributed by atoms with Crippen molar-refractivity contribution in [2.45, 2.75) is 114 Å². The molecule has 0 saturated heterocycles. The van der Waals surface area contributed by atoms with Crippen LogP contribution in [-0.2, 0) is 32.3 Å². The minimum atomic E-state index is -3.73. The molecule has 46 heavy (non-hydrogen) atoms. The molecular weight excluding hydrogens is 618 g/mol. The highest BCUT2D eigenvalue weighted by molar-refractivity contribution is 7.92. The molecule has 0 unspecified atom stereocenters. The molecule has 5 atom stereocenters. The van der Waals surface area contributed by atoms with E-state index in [1.807, 2.05) is 6.07 Å². The zero-order valence-electron chi connectivity index (χ0n) is 26.8. The van der Waals surface area contributed by atoms with Gasteiger partial charge in [-0.3, -0.25) is 9.59 Å². The van der Waals surface area contributed by atoms with Gasteiger partial charge in [-0.15, -0.1) is 0 Å². The highest BCUT2D eigenvalue weighted by Crippen LogP contribution is 2.39. The monoisotopic (exact) mass is 666 g/mol. The van der Waals surface area contributed by atoms with Crippen molar-refractivity contribution in [1.82, 2.24) is 20.6 Å². The number of imidazole rings is 1. The third kappa shape index (κ3) is 10.0. The standard InChI is InChI=1S/C33H48F2N4O6S/c1-32(2,3)46(44,45)19-24(15-21-7-5-4-6-8-21)30(42)39-27(17-25-18-36-20-37-25)31(43)38-26(29(41)28(40)23-9-10-23)16-22-11-13-33(34,35)14-12-22/h4-8,18,20,22-24,26-29,40-41H,9-17,19H2,1-3H3,(H,36,37)(H,38,43)(H,39,42)/t24-,26+,27+,28+,29-/m1/s1. The van der Waals surface area contributed by atoms with Crippen molar-refractivity contribution in [2.24, 2.45) is 17.8 Å². The Morgan fingerprint density at radius 3 is 2.24 bits per heavy atom. The summed E-state index contributed by atoms with van der Waals surface area (Å²) in [4.78, 5) is 34.8. The predicted molar refractivity (Wildman–Crippen MR) is 170 cm³/mol. The second-order valence-corrected chi connectivity index (χ2v) is 16.9. The summed E-state index contributed by atoms with van der Waals surface area (Å²) in [6.45, 7) is 4.72. The number of hydrogen-bond donors (Lipinski definition) is 5. The van der Waals surface area contributed by atoms with Crippen molar-refractivity contribution in [3.05, 3.63) is 54.1 Å². The molecule has 1 aromatic carbocycles. The van der Waals surface area contributed by atoms with Gasteiger partial charge in [-0.05, 0) is 76.7 Å². The number of nitrogens with one attached hydrogen (secondary N) is 3. The van der Waals surface area contributed by atoms with Crippen LogP contribution in [0.3, 0.4) is 0 Å². The lowest BCUT2D eigenvalue weighted by Gasteiger charge is -2.35. The number of benzene rings is 1. The number of halogens is 2. The molecule has 10 nitrogen and oxygen atoms in total. The van der Waals surface area contributed by atoms with Crippen LogP contribution in [0.25, 0.3) is 0 Å². The van der Waals surface area contributed by atoms with Gasteiger partial charge in [0.25, 0.3) is 0 Å². The van der Waals surface area contributed by atoms with E-state index in [0.29, 0.717) is 5.69 Å². The summed E-state index contributed by atoms with van der Waals surface area (Å²) >= 11 is 0. The quantitative estimate of drug-likeness (QED) is 0.195. The van der Waals surface area contributed by atoms with Crippen molar-refractivity contribution >= 4 is 21.7 Å². The molecule has 2 fully saturated rings. The van der Waals surface area contributed by atoms with Crippen LogP contribution >= 0.6 is 0 Å². The lowest BCUT2D eigenvalue weighted by Crippen LogP contribution is -2.57. The maximum atomic E-state index is 13.9. The Bertz CT molecular complexity index is 1390. The second kappa shape index (κ2) is 14.9. The summed E-state index contributed by atoms with van der Waals surface area (Å²) in [7, 11) is -3.73. The minimum Gasteiger partial charge on any atom is -0.390 e. The third-order valence-corrected chi connectivity index (χ3v) is 12.0. The van der Waals surface area contributed by atoms with Gasteiger partial charge in [-0.1, -0.05) is 30.3 Å². The summed E-state index contributed by atoms with van der Waals surface area (Å²) in [5.74, 6) is -5.76. The van der Waals surface area contributed by atoms with Crippen molar-refractivity contribution in [3.8, 4) is 0 Å². The SMILES string of the molecule is CC(C)(C)S(=O)(=O)C[C@@H](Cc1ccccc1)C(=O)N[C@@H](Cc1c[nH]cn1)C(=O)N[C@@H](CC1CCC(F)(F)CC1)[C@@H](O)[C@@H](O)C1CC1. The fourth-order valence-electron chi connectivity index (χ4n) is 5.97. The molecule has 2 aliphatic carbocycles. The fourth-order valence-corrected chi connectivity index (χ4v) is 7.27. The highest BCUT2D eigenvalue weighted by Gasteiger charge is 2.42. The molecular formula is C33H48F2N4O6S. The number of sulfone groups is 1. The van der Waals surface area contributed by atoms with Gasteiger partial charge in [0.1, 0.15) is 12.1 Å². The van der Waals surface area contributed by atoms with Crippen molar-refractivity contribution in [1.29, 1.82) is 0 Å². The highest BCUT2D eigenvalue weighted by atomic mass is 32.2. The molecule has 2 saturated carbocycles. The first-order valence-corrected chi connectivity index (χ1v) is 17.8. The number of aliphatic hydroxyl groups excluding tert-OH is 2. The van der Waals surface area contributed by atoms with Crippen LogP contribution < -0.4 is 10.6 Å². The number of hydrogen-bond acceptors (Lipinski definition) is 7. The number of nitrogens with zero attached hydrogens (tertiary/aromatic N) is 1. The molecule has 1 heterocycles. The largest absolute Gasteiger partial charge is 0.390 e. The van der Waals surface area contributed by atoms with Crippen LogP contribution in [0.4, 0.5) is 8.78 Å². The van der Waals surface area contributed by atoms with Crippen LogP contribution in [0.1, 0.15) is 77.0 Å². The summed E-state index contributed by atoms with van der Waals surface area (Å²) in [5.41, 5.74) is 1.22. The molecule has 13 heteroatoms. The lowest BCUT2D eigenvalue weighted by molar-refractivity contribution is -0.132. The topological polar surface area (TPSA) is 161 Å². The normalized spacial score (nSPS) is 20.7. The Morgan fingerprint density at radius 2 is 1.67 bits per heavy atom. The number of aromatic amines is 1. The van der Waals surface area contributed by atoms with E-state index in [0.717, 1.165) is 18.4 Å². The molecule has 4 rings (SSSR count). The van der Waals surface area contributed by atoms with Crippen LogP contribution in [0.2, 0.25) is 0 Å². The smallest absolute Gasteiger partial charge is 0.248 e. The van der Waals surface area contributed by atoms with Gasteiger partial charge in [0.2, 0.25) is 17.7 Å². The maximum Gasteiger partial charge on any atom is 0.248 e. The molecule has 5 N–H and O–H groups in total. The fraction of sp³-hybridized carbons (Fsp3) is 0.667. The number of amides is 2. The van der Waals surface area contributed by atoms with Gasteiger partial charge < -0.3 is 25.8 Å². The molecule has 0 spiro atoms. The Kier molecular flexibility index (Phi) is 11.6. The molecule has 0 aliphatic heterocycles. The Balaban J connectivity index is 1.56. The van der Waals surface area contributed by atoms with Gasteiger partial charge in [-0.2, -0.15) is 0 Å². The van der Waals surface area contributed by atoms with Crippen molar-refractivity contribution in [2.75, 3.05) is 5.75 Å². The first kappa shape index (κ1) is 35.9. The van der Waals surface area contributed by atoms with Crippen molar-refractivity contribution in [3.63, 3.8) is 0 Å². The zero-order valence-corrected chi connectivity index (χ0v) is 27.6. The van der Waals surface area contributed by atoms with E-state index in [2.05, 4.69) is 20.6 Å². The van der Waals surface area contributed by atoms with E-state index in [9.17, 15) is 37.0 Å². The molecule has 2 aliphatic rings. The summed E-state index contributed by atoms with van der Waals surface area (Å²) in [6.07, 6.45) is 2.24. The van der Waals surface area contributed by atoms with E-state index >= 15 is 0 Å². The number of aromatic nitrogens is 2. The molecule has 2 amide bonds. The summed E-state index contributed by atoms with van der Waals surface area (Å²) in [5, 5.41) is 27.5.